The molecule has 2 heterocycles. The van der Waals surface area contributed by atoms with Crippen LogP contribution in [0.3, 0.4) is 0 Å². The third kappa shape index (κ3) is 3.00. The van der Waals surface area contributed by atoms with E-state index in [-0.39, 0.29) is 0 Å². The molecule has 0 aromatic heterocycles. The molecule has 2 saturated heterocycles. The Hall–Kier alpha value is -0.0800. The van der Waals surface area contributed by atoms with Crippen LogP contribution in [0.1, 0.15) is 64.7 Å². The van der Waals surface area contributed by atoms with Crippen LogP contribution in [-0.4, -0.2) is 37.6 Å². The normalized spacial score (nSPS) is 35.8. The molecule has 3 fully saturated rings. The van der Waals surface area contributed by atoms with Crippen molar-refractivity contribution in [3.05, 3.63) is 0 Å². The number of hydrogen-bond donors (Lipinski definition) is 1. The molecule has 0 aromatic carbocycles. The lowest BCUT2D eigenvalue weighted by Crippen LogP contribution is -2.50. The highest BCUT2D eigenvalue weighted by Gasteiger charge is 2.39. The zero-order valence-corrected chi connectivity index (χ0v) is 12.8. The molecule has 110 valence electrons. The average Bonchev–Trinajstić information content (AvgIpc) is 2.91. The minimum atomic E-state index is 0.582. The Kier molecular flexibility index (Phi) is 4.19. The van der Waals surface area contributed by atoms with Gasteiger partial charge in [0.2, 0.25) is 0 Å². The van der Waals surface area contributed by atoms with Crippen LogP contribution in [-0.2, 0) is 0 Å². The third-order valence-corrected chi connectivity index (χ3v) is 6.45. The van der Waals surface area contributed by atoms with Crippen molar-refractivity contribution in [2.45, 2.75) is 64.7 Å². The van der Waals surface area contributed by atoms with E-state index in [9.17, 15) is 0 Å². The molecule has 2 heteroatoms. The molecule has 3 rings (SSSR count). The summed E-state index contributed by atoms with van der Waals surface area (Å²) in [6.45, 7) is 9.00. The molecule has 0 bridgehead atoms. The number of nitrogens with one attached hydrogen (secondary N) is 1. The van der Waals surface area contributed by atoms with Crippen LogP contribution in [0.25, 0.3) is 0 Å². The lowest BCUT2D eigenvalue weighted by atomic mass is 9.74. The molecule has 1 atom stereocenters. The fraction of sp³-hybridized carbons (Fsp3) is 1.00. The molecule has 3 aliphatic rings. The van der Waals surface area contributed by atoms with Gasteiger partial charge in [-0.1, -0.05) is 19.8 Å². The van der Waals surface area contributed by atoms with Crippen LogP contribution in [0.15, 0.2) is 0 Å². The highest BCUT2D eigenvalue weighted by atomic mass is 15.1. The van der Waals surface area contributed by atoms with Crippen molar-refractivity contribution >= 4 is 0 Å². The van der Waals surface area contributed by atoms with Crippen LogP contribution in [0.2, 0.25) is 0 Å². The molecular formula is C17H32N2. The Morgan fingerprint density at radius 2 is 1.68 bits per heavy atom. The summed E-state index contributed by atoms with van der Waals surface area (Å²) in [7, 11) is 0. The minimum absolute atomic E-state index is 0.582. The fourth-order valence-electron chi connectivity index (χ4n) is 4.86. The van der Waals surface area contributed by atoms with Gasteiger partial charge in [0.25, 0.3) is 0 Å². The summed E-state index contributed by atoms with van der Waals surface area (Å²) in [6, 6.07) is 0. The summed E-state index contributed by atoms with van der Waals surface area (Å²) in [4.78, 5) is 2.79. The van der Waals surface area contributed by atoms with E-state index in [2.05, 4.69) is 17.1 Å². The second kappa shape index (κ2) is 5.73. The summed E-state index contributed by atoms with van der Waals surface area (Å²) in [6.07, 6.45) is 13.2. The van der Waals surface area contributed by atoms with E-state index in [0.29, 0.717) is 5.41 Å². The summed E-state index contributed by atoms with van der Waals surface area (Å²) < 4.78 is 0. The van der Waals surface area contributed by atoms with Crippen LogP contribution in [0, 0.1) is 10.8 Å². The first-order chi connectivity index (χ1) is 9.26. The van der Waals surface area contributed by atoms with Crippen molar-refractivity contribution in [3.63, 3.8) is 0 Å². The topological polar surface area (TPSA) is 15.3 Å². The zero-order valence-electron chi connectivity index (χ0n) is 12.8. The monoisotopic (exact) mass is 264 g/mol. The van der Waals surface area contributed by atoms with E-state index in [4.69, 9.17) is 0 Å². The number of hydrogen-bond acceptors (Lipinski definition) is 2. The molecule has 2 nitrogen and oxygen atoms in total. The molecule has 1 aliphatic carbocycles. The van der Waals surface area contributed by atoms with Crippen LogP contribution in [0.4, 0.5) is 0 Å². The van der Waals surface area contributed by atoms with E-state index in [1.807, 2.05) is 0 Å². The van der Waals surface area contributed by atoms with E-state index in [1.54, 1.807) is 0 Å². The van der Waals surface area contributed by atoms with Crippen molar-refractivity contribution < 1.29 is 0 Å². The summed E-state index contributed by atoms with van der Waals surface area (Å²) in [5.41, 5.74) is 1.36. The molecule has 0 radical (unpaired) electrons. The van der Waals surface area contributed by atoms with Crippen molar-refractivity contribution in [1.82, 2.24) is 10.2 Å². The molecular weight excluding hydrogens is 232 g/mol. The Morgan fingerprint density at radius 1 is 0.947 bits per heavy atom. The zero-order chi connectivity index (χ0) is 13.2. The van der Waals surface area contributed by atoms with Gasteiger partial charge in [0, 0.05) is 13.1 Å². The predicted octanol–water partition coefficient (Wildman–Crippen LogP) is 3.42. The van der Waals surface area contributed by atoms with Gasteiger partial charge in [-0.15, -0.1) is 0 Å². The van der Waals surface area contributed by atoms with Crippen molar-refractivity contribution in [2.75, 3.05) is 32.7 Å². The highest BCUT2D eigenvalue weighted by molar-refractivity contribution is 4.93. The predicted molar refractivity (Wildman–Crippen MR) is 81.4 cm³/mol. The van der Waals surface area contributed by atoms with E-state index < -0.39 is 0 Å². The van der Waals surface area contributed by atoms with Gasteiger partial charge in [-0.2, -0.15) is 0 Å². The lowest BCUT2D eigenvalue weighted by Gasteiger charge is -2.45. The maximum Gasteiger partial charge on any atom is 0.00501 e. The Morgan fingerprint density at radius 3 is 2.26 bits per heavy atom. The second-order valence-corrected chi connectivity index (χ2v) is 7.62. The molecule has 1 spiro atoms. The smallest absolute Gasteiger partial charge is 0.00501 e. The SMILES string of the molecule is CCC1(CN2CCC3(CCCC3)CC2)CCCNC1. The lowest BCUT2D eigenvalue weighted by molar-refractivity contribution is 0.0540. The van der Waals surface area contributed by atoms with Gasteiger partial charge < -0.3 is 10.2 Å². The number of likely N-dealkylation sites (tertiary alicyclic amines) is 1. The van der Waals surface area contributed by atoms with Gasteiger partial charge in [0.05, 0.1) is 0 Å². The van der Waals surface area contributed by atoms with Gasteiger partial charge in [0.1, 0.15) is 0 Å². The van der Waals surface area contributed by atoms with E-state index in [0.717, 1.165) is 5.41 Å². The molecule has 0 aromatic rings. The first-order valence-corrected chi connectivity index (χ1v) is 8.69. The van der Waals surface area contributed by atoms with Gasteiger partial charge in [-0.3, -0.25) is 0 Å². The molecule has 19 heavy (non-hydrogen) atoms. The number of nitrogens with zero attached hydrogens (tertiary/aromatic N) is 1. The quantitative estimate of drug-likeness (QED) is 0.840. The number of rotatable bonds is 3. The molecule has 1 N–H and O–H groups in total. The third-order valence-electron chi connectivity index (χ3n) is 6.45. The van der Waals surface area contributed by atoms with Crippen molar-refractivity contribution in [2.24, 2.45) is 10.8 Å². The second-order valence-electron chi connectivity index (χ2n) is 7.62. The fourth-order valence-corrected chi connectivity index (χ4v) is 4.86. The van der Waals surface area contributed by atoms with Gasteiger partial charge in [0.15, 0.2) is 0 Å². The van der Waals surface area contributed by atoms with Crippen LogP contribution in [0.5, 0.6) is 0 Å². The summed E-state index contributed by atoms with van der Waals surface area (Å²) in [5, 5.41) is 3.64. The van der Waals surface area contributed by atoms with Crippen LogP contribution < -0.4 is 5.32 Å². The largest absolute Gasteiger partial charge is 0.316 e. The van der Waals surface area contributed by atoms with Crippen molar-refractivity contribution in [3.8, 4) is 0 Å². The van der Waals surface area contributed by atoms with Gasteiger partial charge in [-0.05, 0) is 75.4 Å². The maximum absolute atomic E-state index is 3.64. The number of piperidine rings is 2. The van der Waals surface area contributed by atoms with Gasteiger partial charge in [-0.25, -0.2) is 0 Å². The molecule has 0 amide bonds. The highest BCUT2D eigenvalue weighted by Crippen LogP contribution is 2.46. The Balaban J connectivity index is 1.53. The van der Waals surface area contributed by atoms with Crippen LogP contribution >= 0.6 is 0 Å². The Bertz CT molecular complexity index is 278. The van der Waals surface area contributed by atoms with Crippen molar-refractivity contribution in [1.29, 1.82) is 0 Å². The molecule has 2 aliphatic heterocycles. The van der Waals surface area contributed by atoms with E-state index >= 15 is 0 Å². The maximum atomic E-state index is 3.64. The summed E-state index contributed by atoms with van der Waals surface area (Å²) in [5.74, 6) is 0. The standard InChI is InChI=1S/C17H32N2/c1-2-16(8-5-11-18-14-16)15-19-12-9-17(10-13-19)6-3-4-7-17/h18H,2-15H2,1H3. The molecule has 1 saturated carbocycles. The van der Waals surface area contributed by atoms with Gasteiger partial charge >= 0.3 is 0 Å². The Labute approximate surface area is 119 Å². The average molecular weight is 264 g/mol. The summed E-state index contributed by atoms with van der Waals surface area (Å²) >= 11 is 0. The van der Waals surface area contributed by atoms with E-state index in [1.165, 1.54) is 90.5 Å². The first kappa shape index (κ1) is 13.9. The first-order valence-electron chi connectivity index (χ1n) is 8.69. The molecule has 1 unspecified atom stereocenters. The minimum Gasteiger partial charge on any atom is -0.316 e.